The Labute approximate surface area is 148 Å². The number of nitrogens with two attached hydrogens (primary N) is 1. The third-order valence-electron chi connectivity index (χ3n) is 3.65. The molecule has 1 amide bonds. The Morgan fingerprint density at radius 2 is 2.12 bits per heavy atom. The SMILES string of the molecule is Cc1cc(F)ccc1NC(=O)c1nnn(Cc2cccc(Cl)c2)c1N. The topological polar surface area (TPSA) is 85.8 Å². The highest BCUT2D eigenvalue weighted by atomic mass is 35.5. The summed E-state index contributed by atoms with van der Waals surface area (Å²) in [4.78, 5) is 12.4. The van der Waals surface area contributed by atoms with Gasteiger partial charge in [-0.15, -0.1) is 5.10 Å². The Balaban J connectivity index is 1.79. The first kappa shape index (κ1) is 16.9. The second-order valence-electron chi connectivity index (χ2n) is 5.52. The van der Waals surface area contributed by atoms with Crippen LogP contribution in [0.15, 0.2) is 42.5 Å². The van der Waals surface area contributed by atoms with Crippen molar-refractivity contribution >= 4 is 29.0 Å². The summed E-state index contributed by atoms with van der Waals surface area (Å²) in [6, 6.07) is 11.3. The summed E-state index contributed by atoms with van der Waals surface area (Å²) in [5, 5.41) is 11.0. The molecule has 0 aliphatic heterocycles. The van der Waals surface area contributed by atoms with E-state index in [1.54, 1.807) is 19.1 Å². The minimum atomic E-state index is -0.510. The number of aromatic nitrogens is 3. The van der Waals surface area contributed by atoms with Gasteiger partial charge in [0.1, 0.15) is 5.82 Å². The van der Waals surface area contributed by atoms with E-state index in [1.165, 1.54) is 22.9 Å². The molecule has 25 heavy (non-hydrogen) atoms. The summed E-state index contributed by atoms with van der Waals surface area (Å²) in [6.07, 6.45) is 0. The maximum absolute atomic E-state index is 13.1. The summed E-state index contributed by atoms with van der Waals surface area (Å²) >= 11 is 5.96. The summed E-state index contributed by atoms with van der Waals surface area (Å²) < 4.78 is 14.6. The van der Waals surface area contributed by atoms with Gasteiger partial charge >= 0.3 is 0 Å². The Kier molecular flexibility index (Phi) is 4.67. The molecule has 0 radical (unpaired) electrons. The maximum Gasteiger partial charge on any atom is 0.280 e. The molecule has 0 aliphatic rings. The van der Waals surface area contributed by atoms with Gasteiger partial charge < -0.3 is 11.1 Å². The van der Waals surface area contributed by atoms with Crippen molar-refractivity contribution in [3.8, 4) is 0 Å². The molecule has 0 aliphatic carbocycles. The molecule has 128 valence electrons. The van der Waals surface area contributed by atoms with Gasteiger partial charge in [-0.3, -0.25) is 4.79 Å². The Morgan fingerprint density at radius 3 is 2.84 bits per heavy atom. The summed E-state index contributed by atoms with van der Waals surface area (Å²) in [5.74, 6) is -0.746. The van der Waals surface area contributed by atoms with Crippen molar-refractivity contribution < 1.29 is 9.18 Å². The molecule has 0 fully saturated rings. The normalized spacial score (nSPS) is 10.7. The van der Waals surface area contributed by atoms with E-state index in [2.05, 4.69) is 15.6 Å². The molecule has 0 unspecified atom stereocenters. The van der Waals surface area contributed by atoms with Crippen LogP contribution < -0.4 is 11.1 Å². The van der Waals surface area contributed by atoms with Crippen molar-refractivity contribution in [1.29, 1.82) is 0 Å². The van der Waals surface area contributed by atoms with Crippen molar-refractivity contribution in [2.45, 2.75) is 13.5 Å². The molecule has 2 aromatic carbocycles. The Hall–Kier alpha value is -2.93. The van der Waals surface area contributed by atoms with E-state index in [9.17, 15) is 9.18 Å². The molecule has 3 rings (SSSR count). The van der Waals surface area contributed by atoms with Gasteiger partial charge in [0.15, 0.2) is 11.5 Å². The molecule has 0 spiro atoms. The number of amides is 1. The van der Waals surface area contributed by atoms with Gasteiger partial charge in [-0.2, -0.15) is 0 Å². The maximum atomic E-state index is 13.1. The molecule has 0 saturated heterocycles. The zero-order valence-electron chi connectivity index (χ0n) is 13.3. The largest absolute Gasteiger partial charge is 0.382 e. The van der Waals surface area contributed by atoms with E-state index in [-0.39, 0.29) is 17.3 Å². The van der Waals surface area contributed by atoms with Crippen LogP contribution in [0.25, 0.3) is 0 Å². The fraction of sp³-hybridized carbons (Fsp3) is 0.118. The second kappa shape index (κ2) is 6.90. The number of anilines is 2. The van der Waals surface area contributed by atoms with E-state index >= 15 is 0 Å². The first-order valence-corrected chi connectivity index (χ1v) is 7.83. The zero-order chi connectivity index (χ0) is 18.0. The minimum absolute atomic E-state index is 0.00533. The van der Waals surface area contributed by atoms with E-state index in [1.807, 2.05) is 12.1 Å². The highest BCUT2D eigenvalue weighted by Crippen LogP contribution is 2.19. The van der Waals surface area contributed by atoms with Crippen molar-refractivity contribution in [1.82, 2.24) is 15.0 Å². The number of benzene rings is 2. The standard InChI is InChI=1S/C17H15ClFN5O/c1-10-7-13(19)5-6-14(10)21-17(25)15-16(20)24(23-22-15)9-11-3-2-4-12(18)8-11/h2-8H,9,20H2,1H3,(H,21,25). The predicted molar refractivity (Wildman–Crippen MR) is 94.1 cm³/mol. The van der Waals surface area contributed by atoms with Crippen molar-refractivity contribution in [3.63, 3.8) is 0 Å². The van der Waals surface area contributed by atoms with Gasteiger partial charge in [-0.1, -0.05) is 28.9 Å². The summed E-state index contributed by atoms with van der Waals surface area (Å²) in [7, 11) is 0. The third-order valence-corrected chi connectivity index (χ3v) is 3.88. The molecule has 3 aromatic rings. The molecule has 0 bridgehead atoms. The van der Waals surface area contributed by atoms with Gasteiger partial charge in [0.25, 0.3) is 5.91 Å². The Morgan fingerprint density at radius 1 is 1.32 bits per heavy atom. The van der Waals surface area contributed by atoms with Crippen LogP contribution in [0.2, 0.25) is 5.02 Å². The van der Waals surface area contributed by atoms with Crippen molar-refractivity contribution in [2.24, 2.45) is 0 Å². The van der Waals surface area contributed by atoms with Gasteiger partial charge in [0.05, 0.1) is 6.54 Å². The number of nitrogens with zero attached hydrogens (tertiary/aromatic N) is 3. The molecular weight excluding hydrogens is 345 g/mol. The molecule has 8 heteroatoms. The van der Waals surface area contributed by atoms with E-state index in [0.29, 0.717) is 22.8 Å². The lowest BCUT2D eigenvalue weighted by molar-refractivity contribution is 0.102. The molecule has 0 saturated carbocycles. The van der Waals surface area contributed by atoms with E-state index in [4.69, 9.17) is 17.3 Å². The lowest BCUT2D eigenvalue weighted by Crippen LogP contribution is -2.16. The number of halogens is 2. The van der Waals surface area contributed by atoms with Crippen LogP contribution in [0.3, 0.4) is 0 Å². The number of hydrogen-bond acceptors (Lipinski definition) is 4. The number of aryl methyl sites for hydroxylation is 1. The van der Waals surface area contributed by atoms with Crippen LogP contribution in [-0.2, 0) is 6.54 Å². The van der Waals surface area contributed by atoms with Crippen LogP contribution >= 0.6 is 11.6 Å². The average molecular weight is 360 g/mol. The first-order chi connectivity index (χ1) is 11.9. The van der Waals surface area contributed by atoms with Gasteiger partial charge in [0.2, 0.25) is 0 Å². The summed E-state index contributed by atoms with van der Waals surface area (Å²) in [6.45, 7) is 2.03. The fourth-order valence-electron chi connectivity index (χ4n) is 2.36. The average Bonchev–Trinajstić information content (AvgIpc) is 2.91. The number of nitrogens with one attached hydrogen (secondary N) is 1. The van der Waals surface area contributed by atoms with E-state index in [0.717, 1.165) is 5.56 Å². The first-order valence-electron chi connectivity index (χ1n) is 7.45. The minimum Gasteiger partial charge on any atom is -0.382 e. The van der Waals surface area contributed by atoms with Crippen molar-refractivity contribution in [2.75, 3.05) is 11.1 Å². The van der Waals surface area contributed by atoms with Gasteiger partial charge in [-0.25, -0.2) is 9.07 Å². The molecule has 3 N–H and O–H groups in total. The quantitative estimate of drug-likeness (QED) is 0.748. The van der Waals surface area contributed by atoms with Gasteiger partial charge in [-0.05, 0) is 48.4 Å². The van der Waals surface area contributed by atoms with Crippen LogP contribution in [0.4, 0.5) is 15.9 Å². The fourth-order valence-corrected chi connectivity index (χ4v) is 2.57. The number of rotatable bonds is 4. The lowest BCUT2D eigenvalue weighted by Gasteiger charge is -2.08. The highest BCUT2D eigenvalue weighted by Gasteiger charge is 2.18. The van der Waals surface area contributed by atoms with Crippen molar-refractivity contribution in [3.05, 3.63) is 70.1 Å². The monoisotopic (exact) mass is 359 g/mol. The predicted octanol–water partition coefficient (Wildman–Crippen LogP) is 3.26. The third kappa shape index (κ3) is 3.77. The van der Waals surface area contributed by atoms with Crippen LogP contribution in [0.5, 0.6) is 0 Å². The molecule has 0 atom stereocenters. The smallest absolute Gasteiger partial charge is 0.280 e. The van der Waals surface area contributed by atoms with Crippen LogP contribution in [0.1, 0.15) is 21.6 Å². The van der Waals surface area contributed by atoms with Crippen LogP contribution in [-0.4, -0.2) is 20.9 Å². The second-order valence-corrected chi connectivity index (χ2v) is 5.96. The molecular formula is C17H15ClFN5O. The number of carbonyl (C=O) groups excluding carboxylic acids is 1. The Bertz CT molecular complexity index is 941. The lowest BCUT2D eigenvalue weighted by atomic mass is 10.2. The van der Waals surface area contributed by atoms with Gasteiger partial charge in [0, 0.05) is 10.7 Å². The highest BCUT2D eigenvalue weighted by molar-refractivity contribution is 6.30. The number of hydrogen-bond donors (Lipinski definition) is 2. The zero-order valence-corrected chi connectivity index (χ0v) is 14.1. The van der Waals surface area contributed by atoms with E-state index < -0.39 is 5.91 Å². The summed E-state index contributed by atoms with van der Waals surface area (Å²) in [5.41, 5.74) is 7.95. The molecule has 1 aromatic heterocycles. The molecule has 6 nitrogen and oxygen atoms in total. The number of nitrogen functional groups attached to an aromatic ring is 1. The molecule has 1 heterocycles. The number of carbonyl (C=O) groups is 1. The van der Waals surface area contributed by atoms with Crippen LogP contribution in [0, 0.1) is 12.7 Å².